The Hall–Kier alpha value is -3.68. The number of benzene rings is 1. The molecule has 0 bridgehead atoms. The van der Waals surface area contributed by atoms with E-state index in [4.69, 9.17) is 0 Å². The summed E-state index contributed by atoms with van der Waals surface area (Å²) in [6, 6.07) is 10.4. The van der Waals surface area contributed by atoms with Gasteiger partial charge in [-0.15, -0.1) is 0 Å². The van der Waals surface area contributed by atoms with Gasteiger partial charge in [0.05, 0.1) is 6.42 Å². The molecule has 0 saturated carbocycles. The van der Waals surface area contributed by atoms with Crippen LogP contribution < -0.4 is 10.6 Å². The fourth-order valence-corrected chi connectivity index (χ4v) is 3.65. The summed E-state index contributed by atoms with van der Waals surface area (Å²) in [5, 5.41) is 6.50. The van der Waals surface area contributed by atoms with E-state index in [1.54, 1.807) is 12.4 Å². The summed E-state index contributed by atoms with van der Waals surface area (Å²) in [5.74, 6) is -0.620. The predicted molar refractivity (Wildman–Crippen MR) is 112 cm³/mol. The number of carbonyl (C=O) groups excluding carboxylic acids is 3. The van der Waals surface area contributed by atoms with Gasteiger partial charge in [-0.25, -0.2) is 4.79 Å². The second kappa shape index (κ2) is 8.77. The lowest BCUT2D eigenvalue weighted by atomic mass is 10.1. The highest BCUT2D eigenvalue weighted by Gasteiger charge is 2.38. The first-order valence-electron chi connectivity index (χ1n) is 9.94. The smallest absolute Gasteiger partial charge is 0.324 e. The Morgan fingerprint density at radius 3 is 2.73 bits per heavy atom. The number of nitrogens with one attached hydrogen (secondary N) is 3. The van der Waals surface area contributed by atoms with Crippen molar-refractivity contribution in [3.63, 3.8) is 0 Å². The molecule has 8 nitrogen and oxygen atoms in total. The molecule has 154 valence electrons. The third-order valence-electron chi connectivity index (χ3n) is 5.26. The van der Waals surface area contributed by atoms with Crippen LogP contribution in [0.4, 0.5) is 4.79 Å². The molecule has 8 heteroatoms. The zero-order valence-corrected chi connectivity index (χ0v) is 16.4. The Morgan fingerprint density at radius 2 is 1.90 bits per heavy atom. The molecule has 1 saturated heterocycles. The minimum Gasteiger partial charge on any atom is -0.361 e. The van der Waals surface area contributed by atoms with Gasteiger partial charge in [0.2, 0.25) is 5.91 Å². The SMILES string of the molecule is O=C(CC1NC(=O)N(CCc2c[nH]c3ccccc23)C1=O)NCCc1ccncc1. The number of fused-ring (bicyclic) bond motifs is 1. The number of carbonyl (C=O) groups is 3. The molecule has 2 aromatic heterocycles. The zero-order valence-electron chi connectivity index (χ0n) is 16.4. The highest BCUT2D eigenvalue weighted by atomic mass is 16.2. The topological polar surface area (TPSA) is 107 Å². The van der Waals surface area contributed by atoms with Crippen LogP contribution in [0.5, 0.6) is 0 Å². The first kappa shape index (κ1) is 19.6. The van der Waals surface area contributed by atoms with E-state index in [0.717, 1.165) is 22.0 Å². The Labute approximate surface area is 173 Å². The van der Waals surface area contributed by atoms with Gasteiger partial charge < -0.3 is 15.6 Å². The summed E-state index contributed by atoms with van der Waals surface area (Å²) in [6.07, 6.45) is 6.47. The van der Waals surface area contributed by atoms with Gasteiger partial charge in [0.1, 0.15) is 6.04 Å². The molecule has 0 spiro atoms. The Balaban J connectivity index is 1.27. The van der Waals surface area contributed by atoms with Crippen molar-refractivity contribution >= 4 is 28.7 Å². The lowest BCUT2D eigenvalue weighted by molar-refractivity contribution is -0.130. The molecule has 1 unspecified atom stereocenters. The van der Waals surface area contributed by atoms with E-state index in [0.29, 0.717) is 19.4 Å². The van der Waals surface area contributed by atoms with E-state index in [9.17, 15) is 14.4 Å². The first-order valence-corrected chi connectivity index (χ1v) is 9.94. The molecule has 4 amide bonds. The number of aromatic nitrogens is 2. The van der Waals surface area contributed by atoms with Crippen LogP contribution in [0.2, 0.25) is 0 Å². The second-order valence-electron chi connectivity index (χ2n) is 7.26. The molecule has 1 fully saturated rings. The minimum atomic E-state index is -0.818. The minimum absolute atomic E-state index is 0.0650. The monoisotopic (exact) mass is 405 g/mol. The van der Waals surface area contributed by atoms with Gasteiger partial charge >= 0.3 is 6.03 Å². The average Bonchev–Trinajstić information content (AvgIpc) is 3.28. The standard InChI is InChI=1S/C22H23N5O3/c28-20(24-11-7-15-5-9-23-10-6-15)13-19-21(29)27(22(30)26-19)12-8-16-14-25-18-4-2-1-3-17(16)18/h1-6,9-10,14,19,25H,7-8,11-13H2,(H,24,28)(H,26,30). The second-order valence-corrected chi connectivity index (χ2v) is 7.26. The summed E-state index contributed by atoms with van der Waals surface area (Å²) >= 11 is 0. The van der Waals surface area contributed by atoms with Gasteiger partial charge in [0.15, 0.2) is 0 Å². The van der Waals surface area contributed by atoms with Crippen molar-refractivity contribution in [2.75, 3.05) is 13.1 Å². The molecule has 3 heterocycles. The van der Waals surface area contributed by atoms with Crippen LogP contribution in [0.3, 0.4) is 0 Å². The first-order chi connectivity index (χ1) is 14.6. The average molecular weight is 405 g/mol. The van der Waals surface area contributed by atoms with Gasteiger partial charge in [-0.05, 0) is 42.2 Å². The van der Waals surface area contributed by atoms with Crippen molar-refractivity contribution < 1.29 is 14.4 Å². The molecule has 3 aromatic rings. The van der Waals surface area contributed by atoms with Gasteiger partial charge in [-0.2, -0.15) is 0 Å². The highest BCUT2D eigenvalue weighted by Crippen LogP contribution is 2.19. The number of imide groups is 1. The van der Waals surface area contributed by atoms with Crippen molar-refractivity contribution in [1.29, 1.82) is 0 Å². The van der Waals surface area contributed by atoms with Gasteiger partial charge in [0.25, 0.3) is 5.91 Å². The van der Waals surface area contributed by atoms with Crippen molar-refractivity contribution in [2.45, 2.75) is 25.3 Å². The summed E-state index contributed by atoms with van der Waals surface area (Å²) in [6.45, 7) is 0.731. The zero-order chi connectivity index (χ0) is 20.9. The number of nitrogens with zero attached hydrogens (tertiary/aromatic N) is 2. The Morgan fingerprint density at radius 1 is 1.10 bits per heavy atom. The molecule has 30 heavy (non-hydrogen) atoms. The molecular formula is C22H23N5O3. The fourth-order valence-electron chi connectivity index (χ4n) is 3.65. The maximum atomic E-state index is 12.6. The number of aromatic amines is 1. The van der Waals surface area contributed by atoms with E-state index in [1.165, 1.54) is 4.90 Å². The largest absolute Gasteiger partial charge is 0.361 e. The maximum Gasteiger partial charge on any atom is 0.324 e. The summed E-state index contributed by atoms with van der Waals surface area (Å²) in [5.41, 5.74) is 3.13. The van der Waals surface area contributed by atoms with Crippen LogP contribution in [0.25, 0.3) is 10.9 Å². The number of urea groups is 1. The molecule has 1 aliphatic rings. The molecule has 1 atom stereocenters. The summed E-state index contributed by atoms with van der Waals surface area (Å²) in [4.78, 5) is 45.4. The maximum absolute atomic E-state index is 12.6. The number of rotatable bonds is 8. The highest BCUT2D eigenvalue weighted by molar-refractivity contribution is 6.05. The van der Waals surface area contributed by atoms with Crippen LogP contribution >= 0.6 is 0 Å². The molecule has 0 radical (unpaired) electrons. The van der Waals surface area contributed by atoms with Crippen LogP contribution in [0.15, 0.2) is 55.0 Å². The summed E-state index contributed by atoms with van der Waals surface area (Å²) in [7, 11) is 0. The summed E-state index contributed by atoms with van der Waals surface area (Å²) < 4.78 is 0. The number of hydrogen-bond acceptors (Lipinski definition) is 4. The lowest BCUT2D eigenvalue weighted by Gasteiger charge is -2.13. The van der Waals surface area contributed by atoms with Crippen molar-refractivity contribution in [3.05, 3.63) is 66.1 Å². The number of pyridine rings is 1. The quantitative estimate of drug-likeness (QED) is 0.497. The lowest BCUT2D eigenvalue weighted by Crippen LogP contribution is -2.37. The third-order valence-corrected chi connectivity index (χ3v) is 5.26. The number of hydrogen-bond donors (Lipinski definition) is 3. The number of H-pyrrole nitrogens is 1. The number of para-hydroxylation sites is 1. The van der Waals surface area contributed by atoms with E-state index in [-0.39, 0.29) is 24.8 Å². The normalized spacial score (nSPS) is 16.1. The predicted octanol–water partition coefficient (Wildman–Crippen LogP) is 1.77. The van der Waals surface area contributed by atoms with E-state index >= 15 is 0 Å². The Bertz CT molecular complexity index is 1060. The van der Waals surface area contributed by atoms with E-state index < -0.39 is 12.1 Å². The molecule has 0 aliphatic carbocycles. The van der Waals surface area contributed by atoms with Gasteiger partial charge in [-0.3, -0.25) is 19.5 Å². The van der Waals surface area contributed by atoms with Crippen LogP contribution in [-0.2, 0) is 22.4 Å². The molecular weight excluding hydrogens is 382 g/mol. The van der Waals surface area contributed by atoms with E-state index in [1.807, 2.05) is 42.6 Å². The number of amides is 4. The Kier molecular flexibility index (Phi) is 5.74. The third kappa shape index (κ3) is 4.32. The van der Waals surface area contributed by atoms with E-state index in [2.05, 4.69) is 20.6 Å². The van der Waals surface area contributed by atoms with Gasteiger partial charge in [-0.1, -0.05) is 18.2 Å². The molecule has 3 N–H and O–H groups in total. The fraction of sp³-hybridized carbons (Fsp3) is 0.273. The van der Waals surface area contributed by atoms with Crippen LogP contribution in [0.1, 0.15) is 17.5 Å². The van der Waals surface area contributed by atoms with Crippen LogP contribution in [0, 0.1) is 0 Å². The van der Waals surface area contributed by atoms with Gasteiger partial charge in [0, 0.05) is 42.6 Å². The molecule has 4 rings (SSSR count). The van der Waals surface area contributed by atoms with Crippen molar-refractivity contribution in [2.24, 2.45) is 0 Å². The van der Waals surface area contributed by atoms with Crippen LogP contribution in [-0.4, -0.2) is 51.8 Å². The molecule has 1 aromatic carbocycles. The van der Waals surface area contributed by atoms with Crippen molar-refractivity contribution in [1.82, 2.24) is 25.5 Å². The molecule has 1 aliphatic heterocycles. The van der Waals surface area contributed by atoms with Crippen molar-refractivity contribution in [3.8, 4) is 0 Å².